The highest BCUT2D eigenvalue weighted by Gasteiger charge is 2.26. The summed E-state index contributed by atoms with van der Waals surface area (Å²) in [5, 5.41) is 4.82. The highest BCUT2D eigenvalue weighted by Crippen LogP contribution is 2.31. The van der Waals surface area contributed by atoms with E-state index < -0.39 is 0 Å². The Morgan fingerprint density at radius 2 is 1.75 bits per heavy atom. The van der Waals surface area contributed by atoms with E-state index in [2.05, 4.69) is 67.3 Å². The first-order chi connectivity index (χ1) is 19.8. The Labute approximate surface area is 237 Å². The second-order valence-electron chi connectivity index (χ2n) is 11.9. The SMILES string of the molecule is c1ccc2c(c1)CCN(CC(CNc1cc(-c3ncc4ccn(C5CCCCC5)c4n3)ccn1)N1CCCC1)C2. The summed E-state index contributed by atoms with van der Waals surface area (Å²) < 4.78 is 2.39. The second kappa shape index (κ2) is 11.7. The van der Waals surface area contributed by atoms with Gasteiger partial charge in [-0.05, 0) is 74.5 Å². The molecule has 1 atom stereocenters. The lowest BCUT2D eigenvalue weighted by Crippen LogP contribution is -2.47. The third-order valence-corrected chi connectivity index (χ3v) is 9.30. The minimum atomic E-state index is 0.463. The Morgan fingerprint density at radius 1 is 0.900 bits per heavy atom. The van der Waals surface area contributed by atoms with Crippen molar-refractivity contribution in [1.29, 1.82) is 0 Å². The molecule has 1 saturated carbocycles. The van der Waals surface area contributed by atoms with Gasteiger partial charge in [-0.3, -0.25) is 9.80 Å². The van der Waals surface area contributed by atoms with Crippen molar-refractivity contribution >= 4 is 16.9 Å². The number of benzene rings is 1. The lowest BCUT2D eigenvalue weighted by Gasteiger charge is -2.35. The molecule has 1 saturated heterocycles. The smallest absolute Gasteiger partial charge is 0.161 e. The zero-order valence-electron chi connectivity index (χ0n) is 23.5. The first-order valence-corrected chi connectivity index (χ1v) is 15.4. The Hall–Kier alpha value is -3.29. The van der Waals surface area contributed by atoms with E-state index in [-0.39, 0.29) is 0 Å². The number of hydrogen-bond acceptors (Lipinski definition) is 6. The molecule has 2 aliphatic heterocycles. The first-order valence-electron chi connectivity index (χ1n) is 15.4. The molecular weight excluding hydrogens is 494 g/mol. The Kier molecular flexibility index (Phi) is 7.49. The maximum atomic E-state index is 5.06. The van der Waals surface area contributed by atoms with Crippen molar-refractivity contribution in [3.05, 3.63) is 72.2 Å². The van der Waals surface area contributed by atoms with Crippen molar-refractivity contribution in [2.24, 2.45) is 0 Å². The monoisotopic (exact) mass is 535 g/mol. The third kappa shape index (κ3) is 5.50. The summed E-state index contributed by atoms with van der Waals surface area (Å²) >= 11 is 0. The zero-order chi connectivity index (χ0) is 26.7. The van der Waals surface area contributed by atoms with Crippen LogP contribution < -0.4 is 5.32 Å². The Morgan fingerprint density at radius 3 is 2.62 bits per heavy atom. The molecule has 3 aliphatic rings. The molecule has 5 heterocycles. The standard InChI is InChI=1S/C33H41N7/c1-2-10-29(11-3-1)40-19-14-27-21-36-32(37-33(27)40)26-12-15-34-31(20-26)35-22-30(39-16-6-7-17-39)24-38-18-13-25-8-4-5-9-28(25)23-38/h4-5,8-9,12,14-15,19-21,29-30H,1-3,6-7,10-11,13,16-18,22-24H2,(H,34,35). The number of nitrogens with one attached hydrogen (secondary N) is 1. The third-order valence-electron chi connectivity index (χ3n) is 9.30. The lowest BCUT2D eigenvalue weighted by molar-refractivity contribution is 0.157. The zero-order valence-corrected chi connectivity index (χ0v) is 23.5. The predicted molar refractivity (Wildman–Crippen MR) is 161 cm³/mol. The Balaban J connectivity index is 1.06. The Bertz CT molecular complexity index is 1430. The average Bonchev–Trinajstić information content (AvgIpc) is 3.70. The number of pyridine rings is 1. The summed E-state index contributed by atoms with van der Waals surface area (Å²) in [6.07, 6.45) is 16.3. The van der Waals surface area contributed by atoms with Gasteiger partial charge < -0.3 is 9.88 Å². The number of nitrogens with zero attached hydrogens (tertiary/aromatic N) is 6. The van der Waals surface area contributed by atoms with Gasteiger partial charge in [0.15, 0.2) is 5.82 Å². The fourth-order valence-electron chi connectivity index (χ4n) is 7.04. The number of rotatable bonds is 8. The summed E-state index contributed by atoms with van der Waals surface area (Å²) in [5.74, 6) is 1.67. The molecule has 7 heteroatoms. The molecule has 0 spiro atoms. The molecule has 40 heavy (non-hydrogen) atoms. The molecule has 7 rings (SSSR count). The van der Waals surface area contributed by atoms with E-state index in [1.54, 1.807) is 0 Å². The van der Waals surface area contributed by atoms with Gasteiger partial charge in [-0.2, -0.15) is 0 Å². The van der Waals surface area contributed by atoms with Gasteiger partial charge in [-0.1, -0.05) is 43.5 Å². The van der Waals surface area contributed by atoms with Crippen LogP contribution in [0, 0.1) is 0 Å². The van der Waals surface area contributed by atoms with Crippen LogP contribution in [0.25, 0.3) is 22.4 Å². The van der Waals surface area contributed by atoms with Gasteiger partial charge in [0.05, 0.1) is 0 Å². The minimum Gasteiger partial charge on any atom is -0.368 e. The maximum Gasteiger partial charge on any atom is 0.161 e. The van der Waals surface area contributed by atoms with E-state index in [1.807, 2.05) is 18.5 Å². The van der Waals surface area contributed by atoms with Gasteiger partial charge in [0.2, 0.25) is 0 Å². The van der Waals surface area contributed by atoms with Crippen molar-refractivity contribution in [1.82, 2.24) is 29.3 Å². The summed E-state index contributed by atoms with van der Waals surface area (Å²) in [6, 6.07) is 16.3. The summed E-state index contributed by atoms with van der Waals surface area (Å²) in [4.78, 5) is 19.8. The van der Waals surface area contributed by atoms with Crippen LogP contribution in [-0.2, 0) is 13.0 Å². The molecule has 0 amide bonds. The fourth-order valence-corrected chi connectivity index (χ4v) is 7.04. The summed E-state index contributed by atoms with van der Waals surface area (Å²) in [6.45, 7) is 6.55. The maximum absolute atomic E-state index is 5.06. The molecule has 1 unspecified atom stereocenters. The van der Waals surface area contributed by atoms with Crippen LogP contribution in [0.3, 0.4) is 0 Å². The van der Waals surface area contributed by atoms with Crippen LogP contribution in [0.5, 0.6) is 0 Å². The summed E-state index contributed by atoms with van der Waals surface area (Å²) in [7, 11) is 0. The van der Waals surface area contributed by atoms with Gasteiger partial charge in [0, 0.05) is 67.8 Å². The molecule has 0 radical (unpaired) electrons. The molecule has 1 N–H and O–H groups in total. The van der Waals surface area contributed by atoms with Crippen LogP contribution >= 0.6 is 0 Å². The number of aromatic nitrogens is 4. The number of anilines is 1. The highest BCUT2D eigenvalue weighted by molar-refractivity contribution is 5.77. The quantitative estimate of drug-likeness (QED) is 0.302. The second-order valence-corrected chi connectivity index (χ2v) is 11.9. The molecule has 4 aromatic rings. The molecule has 7 nitrogen and oxygen atoms in total. The van der Waals surface area contributed by atoms with Gasteiger partial charge in [0.25, 0.3) is 0 Å². The van der Waals surface area contributed by atoms with E-state index >= 15 is 0 Å². The van der Waals surface area contributed by atoms with Crippen LogP contribution in [0.15, 0.2) is 61.1 Å². The molecule has 2 fully saturated rings. The number of likely N-dealkylation sites (tertiary alicyclic amines) is 1. The average molecular weight is 536 g/mol. The van der Waals surface area contributed by atoms with E-state index in [0.717, 1.165) is 60.8 Å². The topological polar surface area (TPSA) is 62.1 Å². The van der Waals surface area contributed by atoms with Crippen LogP contribution in [0.4, 0.5) is 5.82 Å². The van der Waals surface area contributed by atoms with E-state index in [9.17, 15) is 0 Å². The minimum absolute atomic E-state index is 0.463. The lowest BCUT2D eigenvalue weighted by atomic mass is 9.95. The van der Waals surface area contributed by atoms with Crippen LogP contribution in [0.1, 0.15) is 62.1 Å². The van der Waals surface area contributed by atoms with Crippen molar-refractivity contribution in [2.75, 3.05) is 38.0 Å². The highest BCUT2D eigenvalue weighted by atomic mass is 15.2. The van der Waals surface area contributed by atoms with Gasteiger partial charge >= 0.3 is 0 Å². The van der Waals surface area contributed by atoms with Crippen LogP contribution in [0.2, 0.25) is 0 Å². The van der Waals surface area contributed by atoms with Gasteiger partial charge in [-0.15, -0.1) is 0 Å². The predicted octanol–water partition coefficient (Wildman–Crippen LogP) is 5.93. The normalized spacial score (nSPS) is 19.6. The van der Waals surface area contributed by atoms with Crippen molar-refractivity contribution < 1.29 is 0 Å². The molecule has 1 aliphatic carbocycles. The first kappa shape index (κ1) is 25.7. The van der Waals surface area contributed by atoms with Crippen molar-refractivity contribution in [2.45, 2.75) is 70.0 Å². The molecule has 1 aromatic carbocycles. The fraction of sp³-hybridized carbons (Fsp3) is 0.485. The van der Waals surface area contributed by atoms with Gasteiger partial charge in [-0.25, -0.2) is 15.0 Å². The number of hydrogen-bond donors (Lipinski definition) is 1. The molecular formula is C33H41N7. The van der Waals surface area contributed by atoms with E-state index in [4.69, 9.17) is 9.97 Å². The molecule has 208 valence electrons. The van der Waals surface area contributed by atoms with Crippen molar-refractivity contribution in [3.63, 3.8) is 0 Å². The molecule has 3 aromatic heterocycles. The van der Waals surface area contributed by atoms with Crippen molar-refractivity contribution in [3.8, 4) is 11.4 Å². The van der Waals surface area contributed by atoms with E-state index in [1.165, 1.54) is 69.2 Å². The molecule has 0 bridgehead atoms. The van der Waals surface area contributed by atoms with Gasteiger partial charge in [0.1, 0.15) is 11.5 Å². The summed E-state index contributed by atoms with van der Waals surface area (Å²) in [5.41, 5.74) is 5.08. The van der Waals surface area contributed by atoms with Crippen LogP contribution in [-0.4, -0.2) is 68.1 Å². The largest absolute Gasteiger partial charge is 0.368 e. The number of fused-ring (bicyclic) bond motifs is 2. The van der Waals surface area contributed by atoms with E-state index in [0.29, 0.717) is 12.1 Å².